The molecular weight excluding hydrogens is 176 g/mol. The third-order valence-corrected chi connectivity index (χ3v) is 2.22. The van der Waals surface area contributed by atoms with Crippen LogP contribution in [-0.4, -0.2) is 14.8 Å². The van der Waals surface area contributed by atoms with Gasteiger partial charge in [0.15, 0.2) is 0 Å². The molecule has 2 rings (SSSR count). The summed E-state index contributed by atoms with van der Waals surface area (Å²) < 4.78 is 1.88. The van der Waals surface area contributed by atoms with Gasteiger partial charge >= 0.3 is 0 Å². The van der Waals surface area contributed by atoms with Gasteiger partial charge in [0.1, 0.15) is 0 Å². The number of rotatable bonds is 4. The van der Waals surface area contributed by atoms with Crippen molar-refractivity contribution in [3.8, 4) is 0 Å². The first-order valence-electron chi connectivity index (χ1n) is 4.65. The lowest BCUT2D eigenvalue weighted by atomic mass is 10.3. The van der Waals surface area contributed by atoms with Crippen molar-refractivity contribution in [2.24, 2.45) is 7.05 Å². The van der Waals surface area contributed by atoms with E-state index in [4.69, 9.17) is 0 Å². The first-order valence-corrected chi connectivity index (χ1v) is 4.65. The lowest BCUT2D eigenvalue weighted by Crippen LogP contribution is -2.14. The molecule has 0 amide bonds. The predicted molar refractivity (Wildman–Crippen MR) is 54.5 cm³/mol. The van der Waals surface area contributed by atoms with Crippen LogP contribution >= 0.6 is 0 Å². The minimum absolute atomic E-state index is 0.849. The Morgan fingerprint density at radius 1 is 1.43 bits per heavy atom. The number of aryl methyl sites for hydroxylation is 1. The minimum Gasteiger partial charge on any atom is -0.367 e. The zero-order chi connectivity index (χ0) is 9.80. The SMILES string of the molecule is Cn1nccc1CNCc1cc[nH]c1. The van der Waals surface area contributed by atoms with E-state index in [1.165, 1.54) is 11.3 Å². The summed E-state index contributed by atoms with van der Waals surface area (Å²) in [6.45, 7) is 1.73. The van der Waals surface area contributed by atoms with E-state index >= 15 is 0 Å². The Balaban J connectivity index is 1.81. The van der Waals surface area contributed by atoms with Gasteiger partial charge in [0.25, 0.3) is 0 Å². The Hall–Kier alpha value is -1.55. The number of hydrogen-bond acceptors (Lipinski definition) is 2. The fraction of sp³-hybridized carbons (Fsp3) is 0.300. The van der Waals surface area contributed by atoms with Gasteiger partial charge < -0.3 is 10.3 Å². The van der Waals surface area contributed by atoms with Crippen molar-refractivity contribution in [1.29, 1.82) is 0 Å². The molecule has 0 aliphatic carbocycles. The number of hydrogen-bond donors (Lipinski definition) is 2. The lowest BCUT2D eigenvalue weighted by molar-refractivity contribution is 0.626. The van der Waals surface area contributed by atoms with Crippen molar-refractivity contribution in [3.05, 3.63) is 42.0 Å². The summed E-state index contributed by atoms with van der Waals surface area (Å²) in [6.07, 6.45) is 5.74. The normalized spacial score (nSPS) is 10.6. The van der Waals surface area contributed by atoms with E-state index in [2.05, 4.69) is 21.5 Å². The number of aromatic nitrogens is 3. The number of nitrogens with zero attached hydrogens (tertiary/aromatic N) is 2. The number of aromatic amines is 1. The van der Waals surface area contributed by atoms with Crippen molar-refractivity contribution in [1.82, 2.24) is 20.1 Å². The summed E-state index contributed by atoms with van der Waals surface area (Å²) >= 11 is 0. The molecule has 4 heteroatoms. The summed E-state index contributed by atoms with van der Waals surface area (Å²) in [4.78, 5) is 3.03. The molecule has 2 heterocycles. The first kappa shape index (κ1) is 9.02. The third-order valence-electron chi connectivity index (χ3n) is 2.22. The zero-order valence-electron chi connectivity index (χ0n) is 8.20. The van der Waals surface area contributed by atoms with E-state index in [9.17, 15) is 0 Å². The monoisotopic (exact) mass is 190 g/mol. The van der Waals surface area contributed by atoms with Crippen LogP contribution in [0.3, 0.4) is 0 Å². The summed E-state index contributed by atoms with van der Waals surface area (Å²) in [5, 5.41) is 7.45. The van der Waals surface area contributed by atoms with E-state index in [-0.39, 0.29) is 0 Å². The molecule has 0 bridgehead atoms. The van der Waals surface area contributed by atoms with E-state index in [1.54, 1.807) is 0 Å². The molecule has 0 aromatic carbocycles. The Labute approximate surface area is 82.9 Å². The molecule has 0 radical (unpaired) electrons. The zero-order valence-corrected chi connectivity index (χ0v) is 8.20. The van der Waals surface area contributed by atoms with Crippen molar-refractivity contribution in [2.45, 2.75) is 13.1 Å². The van der Waals surface area contributed by atoms with Gasteiger partial charge in [0, 0.05) is 38.7 Å². The molecule has 2 N–H and O–H groups in total. The summed E-state index contributed by atoms with van der Waals surface area (Å²) in [6, 6.07) is 4.08. The highest BCUT2D eigenvalue weighted by molar-refractivity contribution is 5.08. The van der Waals surface area contributed by atoms with Crippen LogP contribution in [0.25, 0.3) is 0 Å². The molecule has 74 valence electrons. The van der Waals surface area contributed by atoms with Crippen molar-refractivity contribution >= 4 is 0 Å². The molecule has 0 atom stereocenters. The van der Waals surface area contributed by atoms with Crippen LogP contribution in [-0.2, 0) is 20.1 Å². The van der Waals surface area contributed by atoms with Gasteiger partial charge in [-0.2, -0.15) is 5.10 Å². The van der Waals surface area contributed by atoms with Crippen LogP contribution in [0.1, 0.15) is 11.3 Å². The Morgan fingerprint density at radius 2 is 2.36 bits per heavy atom. The predicted octanol–water partition coefficient (Wildman–Crippen LogP) is 1.04. The molecule has 2 aromatic rings. The van der Waals surface area contributed by atoms with Crippen molar-refractivity contribution in [2.75, 3.05) is 0 Å². The van der Waals surface area contributed by atoms with Crippen LogP contribution in [0.4, 0.5) is 0 Å². The van der Waals surface area contributed by atoms with E-state index in [0.717, 1.165) is 13.1 Å². The second-order valence-electron chi connectivity index (χ2n) is 3.27. The van der Waals surface area contributed by atoms with Crippen LogP contribution in [0.5, 0.6) is 0 Å². The van der Waals surface area contributed by atoms with E-state index in [1.807, 2.05) is 36.4 Å². The molecule has 0 aliphatic rings. The Morgan fingerprint density at radius 3 is 3.00 bits per heavy atom. The van der Waals surface area contributed by atoms with Crippen molar-refractivity contribution < 1.29 is 0 Å². The maximum atomic E-state index is 4.10. The summed E-state index contributed by atoms with van der Waals surface area (Å²) in [5.41, 5.74) is 2.47. The highest BCUT2D eigenvalue weighted by Crippen LogP contribution is 1.98. The molecular formula is C10H14N4. The molecule has 0 fully saturated rings. The topological polar surface area (TPSA) is 45.6 Å². The molecule has 2 aromatic heterocycles. The highest BCUT2D eigenvalue weighted by atomic mass is 15.3. The average molecular weight is 190 g/mol. The maximum absolute atomic E-state index is 4.10. The highest BCUT2D eigenvalue weighted by Gasteiger charge is 1.97. The third kappa shape index (κ3) is 2.03. The molecule has 0 saturated carbocycles. The number of H-pyrrole nitrogens is 1. The fourth-order valence-corrected chi connectivity index (χ4v) is 1.38. The van der Waals surface area contributed by atoms with E-state index < -0.39 is 0 Å². The van der Waals surface area contributed by atoms with Gasteiger partial charge in [-0.3, -0.25) is 4.68 Å². The number of nitrogens with one attached hydrogen (secondary N) is 2. The summed E-state index contributed by atoms with van der Waals surface area (Å²) in [7, 11) is 1.95. The molecule has 14 heavy (non-hydrogen) atoms. The Bertz CT molecular complexity index is 374. The maximum Gasteiger partial charge on any atom is 0.0518 e. The van der Waals surface area contributed by atoms with Gasteiger partial charge in [-0.1, -0.05) is 0 Å². The molecule has 0 aliphatic heterocycles. The average Bonchev–Trinajstić information content (AvgIpc) is 2.78. The van der Waals surface area contributed by atoms with Crippen molar-refractivity contribution in [3.63, 3.8) is 0 Å². The quantitative estimate of drug-likeness (QED) is 0.756. The van der Waals surface area contributed by atoms with Gasteiger partial charge in [0.2, 0.25) is 0 Å². The molecule has 4 nitrogen and oxygen atoms in total. The Kier molecular flexibility index (Phi) is 2.65. The minimum atomic E-state index is 0.849. The fourth-order valence-electron chi connectivity index (χ4n) is 1.38. The van der Waals surface area contributed by atoms with Gasteiger partial charge in [0.05, 0.1) is 5.69 Å². The van der Waals surface area contributed by atoms with Crippen LogP contribution in [0, 0.1) is 0 Å². The van der Waals surface area contributed by atoms with E-state index in [0.29, 0.717) is 0 Å². The smallest absolute Gasteiger partial charge is 0.0518 e. The van der Waals surface area contributed by atoms with Gasteiger partial charge in [-0.05, 0) is 17.7 Å². The second-order valence-corrected chi connectivity index (χ2v) is 3.27. The molecule has 0 saturated heterocycles. The standard InChI is InChI=1S/C10H14N4/c1-14-10(3-5-13-14)8-12-7-9-2-4-11-6-9/h2-6,11-12H,7-8H2,1H3. The molecule has 0 unspecified atom stereocenters. The van der Waals surface area contributed by atoms with Gasteiger partial charge in [-0.25, -0.2) is 0 Å². The largest absolute Gasteiger partial charge is 0.367 e. The lowest BCUT2D eigenvalue weighted by Gasteiger charge is -2.03. The van der Waals surface area contributed by atoms with Crippen LogP contribution < -0.4 is 5.32 Å². The summed E-state index contributed by atoms with van der Waals surface area (Å²) in [5.74, 6) is 0. The first-order chi connectivity index (χ1) is 6.86. The molecule has 0 spiro atoms. The van der Waals surface area contributed by atoms with Crippen LogP contribution in [0.2, 0.25) is 0 Å². The van der Waals surface area contributed by atoms with Gasteiger partial charge in [-0.15, -0.1) is 0 Å². The van der Waals surface area contributed by atoms with Crippen LogP contribution in [0.15, 0.2) is 30.7 Å². The second kappa shape index (κ2) is 4.11.